The summed E-state index contributed by atoms with van der Waals surface area (Å²) >= 11 is 0. The van der Waals surface area contributed by atoms with E-state index in [1.165, 1.54) is 11.3 Å². The van der Waals surface area contributed by atoms with Crippen LogP contribution in [-0.4, -0.2) is 47.3 Å². The smallest absolute Gasteiger partial charge is 0.338 e. The molecule has 2 heterocycles. The van der Waals surface area contributed by atoms with Crippen molar-refractivity contribution < 1.29 is 27.3 Å². The summed E-state index contributed by atoms with van der Waals surface area (Å²) in [5.74, 6) is -0.357. The van der Waals surface area contributed by atoms with Gasteiger partial charge in [0.1, 0.15) is 0 Å². The summed E-state index contributed by atoms with van der Waals surface area (Å²) in [6.07, 6.45) is 1.99. The molecule has 0 radical (unpaired) electrons. The predicted molar refractivity (Wildman–Crippen MR) is 93.7 cm³/mol. The first kappa shape index (κ1) is 20.3. The quantitative estimate of drug-likeness (QED) is 0.721. The van der Waals surface area contributed by atoms with Crippen molar-refractivity contribution in [1.29, 1.82) is 0 Å². The van der Waals surface area contributed by atoms with Crippen LogP contribution in [0, 0.1) is 0 Å². The Kier molecular flexibility index (Phi) is 6.30. The standard InChI is InChI=1S/C17H24F3N5O3/c18-17(19,20)13-10-14(28-24-13)23-16(27)25-8-6-12(7-9-25)22-15(26)21-11-4-2-1-3-5-11/h10-12H,1-9H2,(H,23,27)(H2,21,22,26). The number of alkyl halides is 3. The number of urea groups is 2. The number of carbonyl (C=O) groups is 2. The van der Waals surface area contributed by atoms with E-state index in [-0.39, 0.29) is 24.0 Å². The number of likely N-dealkylation sites (tertiary alicyclic amines) is 1. The van der Waals surface area contributed by atoms with E-state index >= 15 is 0 Å². The molecule has 28 heavy (non-hydrogen) atoms. The number of hydrogen-bond donors (Lipinski definition) is 3. The lowest BCUT2D eigenvalue weighted by Crippen LogP contribution is -2.51. The van der Waals surface area contributed by atoms with Gasteiger partial charge >= 0.3 is 18.2 Å². The zero-order valence-corrected chi connectivity index (χ0v) is 15.3. The summed E-state index contributed by atoms with van der Waals surface area (Å²) in [5, 5.41) is 11.1. The van der Waals surface area contributed by atoms with Gasteiger partial charge in [0.05, 0.1) is 0 Å². The molecule has 4 amide bonds. The maximum atomic E-state index is 12.5. The summed E-state index contributed by atoms with van der Waals surface area (Å²) in [6.45, 7) is 0.751. The largest absolute Gasteiger partial charge is 0.436 e. The van der Waals surface area contributed by atoms with E-state index in [1.54, 1.807) is 0 Å². The number of nitrogens with one attached hydrogen (secondary N) is 3. The number of carbonyl (C=O) groups excluding carboxylic acids is 2. The molecule has 1 aromatic heterocycles. The van der Waals surface area contributed by atoms with E-state index in [0.717, 1.165) is 25.7 Å². The van der Waals surface area contributed by atoms with Gasteiger partial charge in [0, 0.05) is 31.2 Å². The molecule has 2 aliphatic rings. The minimum Gasteiger partial charge on any atom is -0.338 e. The Balaban J connectivity index is 1.40. The molecule has 1 saturated heterocycles. The number of halogens is 3. The van der Waals surface area contributed by atoms with Gasteiger partial charge in [-0.2, -0.15) is 13.2 Å². The van der Waals surface area contributed by atoms with Crippen molar-refractivity contribution in [3.63, 3.8) is 0 Å². The maximum absolute atomic E-state index is 12.5. The molecule has 3 rings (SSSR count). The monoisotopic (exact) mass is 403 g/mol. The zero-order valence-electron chi connectivity index (χ0n) is 15.3. The SMILES string of the molecule is O=C(NC1CCCCC1)NC1CCN(C(=O)Nc2cc(C(F)(F)F)no2)CC1. The number of rotatable bonds is 3. The van der Waals surface area contributed by atoms with Gasteiger partial charge in [0.15, 0.2) is 5.69 Å². The fourth-order valence-electron chi connectivity index (χ4n) is 3.54. The summed E-state index contributed by atoms with van der Waals surface area (Å²) in [5.41, 5.74) is -1.20. The van der Waals surface area contributed by atoms with Crippen molar-refractivity contribution in [2.75, 3.05) is 18.4 Å². The van der Waals surface area contributed by atoms with Crippen molar-refractivity contribution in [2.24, 2.45) is 0 Å². The lowest BCUT2D eigenvalue weighted by molar-refractivity contribution is -0.142. The summed E-state index contributed by atoms with van der Waals surface area (Å²) in [7, 11) is 0. The van der Waals surface area contributed by atoms with Crippen LogP contribution < -0.4 is 16.0 Å². The molecule has 156 valence electrons. The number of piperidine rings is 1. The highest BCUT2D eigenvalue weighted by atomic mass is 19.4. The molecular formula is C17H24F3N5O3. The summed E-state index contributed by atoms with van der Waals surface area (Å²) in [6, 6.07) is 0.0749. The van der Waals surface area contributed by atoms with Crippen molar-refractivity contribution in [1.82, 2.24) is 20.7 Å². The molecule has 11 heteroatoms. The second kappa shape index (κ2) is 8.70. The zero-order chi connectivity index (χ0) is 20.1. The molecule has 8 nitrogen and oxygen atoms in total. The van der Waals surface area contributed by atoms with Crippen LogP contribution in [0.5, 0.6) is 0 Å². The Labute approximate surface area is 160 Å². The first-order valence-electron chi connectivity index (χ1n) is 9.48. The molecule has 1 aliphatic heterocycles. The highest BCUT2D eigenvalue weighted by Gasteiger charge is 2.35. The van der Waals surface area contributed by atoms with E-state index in [0.29, 0.717) is 32.0 Å². The van der Waals surface area contributed by atoms with E-state index < -0.39 is 17.9 Å². The third-order valence-corrected chi connectivity index (χ3v) is 5.09. The minimum absolute atomic E-state index is 0.0465. The predicted octanol–water partition coefficient (Wildman–Crippen LogP) is 3.32. The normalized spacial score (nSPS) is 19.3. The third kappa shape index (κ3) is 5.52. The molecule has 1 aromatic rings. The fourth-order valence-corrected chi connectivity index (χ4v) is 3.54. The van der Waals surface area contributed by atoms with Gasteiger partial charge in [-0.05, 0) is 25.7 Å². The lowest BCUT2D eigenvalue weighted by atomic mass is 9.96. The first-order chi connectivity index (χ1) is 13.3. The second-order valence-corrected chi connectivity index (χ2v) is 7.22. The van der Waals surface area contributed by atoms with Gasteiger partial charge in [-0.25, -0.2) is 9.59 Å². The highest BCUT2D eigenvalue weighted by molar-refractivity contribution is 5.88. The Morgan fingerprint density at radius 2 is 1.64 bits per heavy atom. The van der Waals surface area contributed by atoms with Gasteiger partial charge < -0.3 is 20.1 Å². The Bertz CT molecular complexity index is 680. The van der Waals surface area contributed by atoms with Crippen LogP contribution in [0.1, 0.15) is 50.6 Å². The van der Waals surface area contributed by atoms with Gasteiger partial charge in [0.25, 0.3) is 0 Å². The van der Waals surface area contributed by atoms with Crippen LogP contribution in [0.3, 0.4) is 0 Å². The minimum atomic E-state index is -4.63. The number of hydrogen-bond acceptors (Lipinski definition) is 4. The van der Waals surface area contributed by atoms with E-state index in [4.69, 9.17) is 0 Å². The van der Waals surface area contributed by atoms with Crippen molar-refractivity contribution >= 4 is 17.9 Å². The molecular weight excluding hydrogens is 379 g/mol. The number of anilines is 1. The lowest BCUT2D eigenvalue weighted by Gasteiger charge is -2.32. The van der Waals surface area contributed by atoms with Crippen LogP contribution in [0.4, 0.5) is 28.6 Å². The highest BCUT2D eigenvalue weighted by Crippen LogP contribution is 2.30. The average Bonchev–Trinajstić information content (AvgIpc) is 3.12. The van der Waals surface area contributed by atoms with Gasteiger partial charge in [-0.1, -0.05) is 24.4 Å². The van der Waals surface area contributed by atoms with Crippen LogP contribution >= 0.6 is 0 Å². The summed E-state index contributed by atoms with van der Waals surface area (Å²) in [4.78, 5) is 25.7. The third-order valence-electron chi connectivity index (χ3n) is 5.09. The average molecular weight is 403 g/mol. The molecule has 0 spiro atoms. The Hall–Kier alpha value is -2.46. The van der Waals surface area contributed by atoms with E-state index in [9.17, 15) is 22.8 Å². The number of nitrogens with zero attached hydrogens (tertiary/aromatic N) is 2. The van der Waals surface area contributed by atoms with Crippen LogP contribution in [0.25, 0.3) is 0 Å². The van der Waals surface area contributed by atoms with Gasteiger partial charge in [-0.3, -0.25) is 5.32 Å². The molecule has 2 fully saturated rings. The Morgan fingerprint density at radius 1 is 1.04 bits per heavy atom. The van der Waals surface area contributed by atoms with Crippen molar-refractivity contribution in [2.45, 2.75) is 63.2 Å². The molecule has 1 saturated carbocycles. The molecule has 0 unspecified atom stereocenters. The van der Waals surface area contributed by atoms with Crippen molar-refractivity contribution in [3.8, 4) is 0 Å². The van der Waals surface area contributed by atoms with Gasteiger partial charge in [-0.15, -0.1) is 0 Å². The molecule has 0 atom stereocenters. The summed E-state index contributed by atoms with van der Waals surface area (Å²) < 4.78 is 42.0. The molecule has 0 bridgehead atoms. The molecule has 3 N–H and O–H groups in total. The molecule has 0 aromatic carbocycles. The van der Waals surface area contributed by atoms with Crippen molar-refractivity contribution in [3.05, 3.63) is 11.8 Å². The number of aromatic nitrogens is 1. The fraction of sp³-hybridized carbons (Fsp3) is 0.706. The van der Waals surface area contributed by atoms with Crippen LogP contribution in [-0.2, 0) is 6.18 Å². The topological polar surface area (TPSA) is 99.5 Å². The second-order valence-electron chi connectivity index (χ2n) is 7.22. The number of amides is 4. The maximum Gasteiger partial charge on any atom is 0.436 e. The van der Waals surface area contributed by atoms with E-state index in [2.05, 4.69) is 25.6 Å². The van der Waals surface area contributed by atoms with Crippen LogP contribution in [0.15, 0.2) is 10.6 Å². The first-order valence-corrected chi connectivity index (χ1v) is 9.48. The van der Waals surface area contributed by atoms with E-state index in [1.807, 2.05) is 0 Å². The van der Waals surface area contributed by atoms with Crippen LogP contribution in [0.2, 0.25) is 0 Å². The Morgan fingerprint density at radius 3 is 2.21 bits per heavy atom. The molecule has 1 aliphatic carbocycles. The van der Waals surface area contributed by atoms with Gasteiger partial charge in [0.2, 0.25) is 5.88 Å².